The standard InChI is InChI=1S/C19H17N5O2S/c1-25-13-8-6-12(7-9-13)10-17-23-24-19(26-17)27-11-16-21-15-5-3-2-4-14(15)18(20)22-16/h2-9H,10-11H2,1H3,(H2,20,21,22). The molecule has 4 aromatic rings. The van der Waals surface area contributed by atoms with Gasteiger partial charge in [-0.15, -0.1) is 10.2 Å². The largest absolute Gasteiger partial charge is 0.497 e. The van der Waals surface area contributed by atoms with Gasteiger partial charge < -0.3 is 14.9 Å². The number of nitrogen functional groups attached to an aromatic ring is 1. The summed E-state index contributed by atoms with van der Waals surface area (Å²) in [6.07, 6.45) is 0.566. The topological polar surface area (TPSA) is 100.0 Å². The van der Waals surface area contributed by atoms with Crippen LogP contribution < -0.4 is 10.5 Å². The Morgan fingerprint density at radius 1 is 1.04 bits per heavy atom. The molecule has 0 radical (unpaired) electrons. The van der Waals surface area contributed by atoms with Gasteiger partial charge in [0.05, 0.1) is 24.8 Å². The van der Waals surface area contributed by atoms with Gasteiger partial charge in [-0.3, -0.25) is 0 Å². The van der Waals surface area contributed by atoms with E-state index in [0.717, 1.165) is 22.2 Å². The first-order valence-electron chi connectivity index (χ1n) is 8.30. The molecule has 0 atom stereocenters. The molecule has 136 valence electrons. The van der Waals surface area contributed by atoms with Gasteiger partial charge in [0, 0.05) is 5.39 Å². The summed E-state index contributed by atoms with van der Waals surface area (Å²) in [4.78, 5) is 8.88. The maximum absolute atomic E-state index is 6.02. The van der Waals surface area contributed by atoms with Crippen molar-refractivity contribution in [1.29, 1.82) is 0 Å². The summed E-state index contributed by atoms with van der Waals surface area (Å²) in [7, 11) is 1.64. The van der Waals surface area contributed by atoms with Crippen LogP contribution in [0.3, 0.4) is 0 Å². The molecule has 0 aliphatic carbocycles. The van der Waals surface area contributed by atoms with Crippen molar-refractivity contribution < 1.29 is 9.15 Å². The highest BCUT2D eigenvalue weighted by Crippen LogP contribution is 2.24. The Labute approximate surface area is 160 Å². The Balaban J connectivity index is 1.42. The summed E-state index contributed by atoms with van der Waals surface area (Å²) < 4.78 is 10.9. The molecule has 0 saturated carbocycles. The number of rotatable bonds is 6. The quantitative estimate of drug-likeness (QED) is 0.508. The second-order valence-corrected chi connectivity index (χ2v) is 6.74. The van der Waals surface area contributed by atoms with E-state index in [-0.39, 0.29) is 0 Å². The normalized spacial score (nSPS) is 11.0. The molecule has 0 spiro atoms. The number of nitrogens with two attached hydrogens (primary N) is 1. The molecular weight excluding hydrogens is 362 g/mol. The van der Waals surface area contributed by atoms with Crippen LogP contribution in [0.5, 0.6) is 5.75 Å². The fraction of sp³-hybridized carbons (Fsp3) is 0.158. The molecule has 27 heavy (non-hydrogen) atoms. The molecular formula is C19H17N5O2S. The monoisotopic (exact) mass is 379 g/mol. The summed E-state index contributed by atoms with van der Waals surface area (Å²) in [5, 5.41) is 9.51. The number of thioether (sulfide) groups is 1. The van der Waals surface area contributed by atoms with Gasteiger partial charge in [-0.1, -0.05) is 36.0 Å². The second-order valence-electron chi connectivity index (χ2n) is 5.82. The average Bonchev–Trinajstić information content (AvgIpc) is 3.14. The van der Waals surface area contributed by atoms with Crippen LogP contribution in [0.15, 0.2) is 58.2 Å². The Kier molecular flexibility index (Phi) is 4.88. The molecule has 2 N–H and O–H groups in total. The average molecular weight is 379 g/mol. The number of fused-ring (bicyclic) bond motifs is 1. The first kappa shape index (κ1) is 17.3. The van der Waals surface area contributed by atoms with Crippen molar-refractivity contribution in [2.45, 2.75) is 17.4 Å². The molecule has 0 unspecified atom stereocenters. The zero-order valence-electron chi connectivity index (χ0n) is 14.6. The molecule has 4 rings (SSSR count). The molecule has 0 fully saturated rings. The molecule has 0 aliphatic heterocycles. The van der Waals surface area contributed by atoms with Crippen LogP contribution in [0.4, 0.5) is 5.82 Å². The summed E-state index contributed by atoms with van der Waals surface area (Å²) in [6, 6.07) is 15.4. The third kappa shape index (κ3) is 4.01. The Bertz CT molecular complexity index is 1070. The summed E-state index contributed by atoms with van der Waals surface area (Å²) >= 11 is 1.39. The van der Waals surface area contributed by atoms with Crippen molar-refractivity contribution in [3.05, 3.63) is 65.8 Å². The van der Waals surface area contributed by atoms with Gasteiger partial charge in [0.2, 0.25) is 5.89 Å². The highest BCUT2D eigenvalue weighted by molar-refractivity contribution is 7.98. The minimum Gasteiger partial charge on any atom is -0.497 e. The van der Waals surface area contributed by atoms with Crippen LogP contribution >= 0.6 is 11.8 Å². The van der Waals surface area contributed by atoms with Crippen LogP contribution in [0, 0.1) is 0 Å². The number of anilines is 1. The zero-order valence-corrected chi connectivity index (χ0v) is 15.4. The van der Waals surface area contributed by atoms with Crippen LogP contribution in [0.2, 0.25) is 0 Å². The lowest BCUT2D eigenvalue weighted by molar-refractivity contribution is 0.413. The minimum absolute atomic E-state index is 0.474. The third-order valence-corrected chi connectivity index (χ3v) is 4.78. The number of nitrogens with zero attached hydrogens (tertiary/aromatic N) is 4. The molecule has 0 bridgehead atoms. The number of para-hydroxylation sites is 1. The van der Waals surface area contributed by atoms with Gasteiger partial charge in [-0.2, -0.15) is 0 Å². The Morgan fingerprint density at radius 3 is 2.67 bits per heavy atom. The van der Waals surface area contributed by atoms with Gasteiger partial charge in [0.15, 0.2) is 0 Å². The van der Waals surface area contributed by atoms with Gasteiger partial charge in [-0.25, -0.2) is 9.97 Å². The first-order chi connectivity index (χ1) is 13.2. The van der Waals surface area contributed by atoms with E-state index < -0.39 is 0 Å². The van der Waals surface area contributed by atoms with Crippen molar-refractivity contribution in [3.8, 4) is 5.75 Å². The number of ether oxygens (including phenoxy) is 1. The molecule has 8 heteroatoms. The van der Waals surface area contributed by atoms with E-state index in [9.17, 15) is 0 Å². The summed E-state index contributed by atoms with van der Waals surface area (Å²) in [6.45, 7) is 0. The molecule has 0 amide bonds. The third-order valence-electron chi connectivity index (χ3n) is 3.97. The zero-order chi connectivity index (χ0) is 18.6. The fourth-order valence-electron chi connectivity index (χ4n) is 2.63. The number of hydrogen-bond donors (Lipinski definition) is 1. The number of benzene rings is 2. The lowest BCUT2D eigenvalue weighted by atomic mass is 10.1. The minimum atomic E-state index is 0.474. The summed E-state index contributed by atoms with van der Waals surface area (Å²) in [5.74, 6) is 2.98. The van der Waals surface area contributed by atoms with Crippen molar-refractivity contribution >= 4 is 28.5 Å². The molecule has 2 heterocycles. The number of hydrogen-bond acceptors (Lipinski definition) is 8. The number of aromatic nitrogens is 4. The number of methoxy groups -OCH3 is 1. The lowest BCUT2D eigenvalue weighted by Crippen LogP contribution is -1.99. The van der Waals surface area contributed by atoms with E-state index in [1.807, 2.05) is 48.5 Å². The second kappa shape index (κ2) is 7.63. The van der Waals surface area contributed by atoms with Crippen molar-refractivity contribution in [3.63, 3.8) is 0 Å². The lowest BCUT2D eigenvalue weighted by Gasteiger charge is -2.03. The van der Waals surface area contributed by atoms with Gasteiger partial charge in [0.25, 0.3) is 5.22 Å². The van der Waals surface area contributed by atoms with E-state index in [2.05, 4.69) is 20.2 Å². The molecule has 2 aromatic heterocycles. The highest BCUT2D eigenvalue weighted by Gasteiger charge is 2.10. The maximum Gasteiger partial charge on any atom is 0.277 e. The van der Waals surface area contributed by atoms with Gasteiger partial charge in [0.1, 0.15) is 17.4 Å². The van der Waals surface area contributed by atoms with Crippen LogP contribution in [-0.2, 0) is 12.2 Å². The van der Waals surface area contributed by atoms with E-state index in [1.165, 1.54) is 11.8 Å². The van der Waals surface area contributed by atoms with E-state index in [1.54, 1.807) is 7.11 Å². The first-order valence-corrected chi connectivity index (χ1v) is 9.29. The van der Waals surface area contributed by atoms with Crippen LogP contribution in [-0.4, -0.2) is 27.3 Å². The SMILES string of the molecule is COc1ccc(Cc2nnc(SCc3nc(N)c4ccccc4n3)o2)cc1. The fourth-order valence-corrected chi connectivity index (χ4v) is 3.26. The van der Waals surface area contributed by atoms with E-state index in [0.29, 0.717) is 34.9 Å². The van der Waals surface area contributed by atoms with Crippen LogP contribution in [0.1, 0.15) is 17.3 Å². The van der Waals surface area contributed by atoms with E-state index >= 15 is 0 Å². The maximum atomic E-state index is 6.02. The smallest absolute Gasteiger partial charge is 0.277 e. The van der Waals surface area contributed by atoms with Gasteiger partial charge in [-0.05, 0) is 29.8 Å². The Morgan fingerprint density at radius 2 is 1.85 bits per heavy atom. The predicted molar refractivity (Wildman–Crippen MR) is 104 cm³/mol. The predicted octanol–water partition coefficient (Wildman–Crippen LogP) is 3.49. The molecule has 0 aliphatic rings. The van der Waals surface area contributed by atoms with Crippen LogP contribution in [0.25, 0.3) is 10.9 Å². The highest BCUT2D eigenvalue weighted by atomic mass is 32.2. The van der Waals surface area contributed by atoms with Crippen molar-refractivity contribution in [1.82, 2.24) is 20.2 Å². The Hall–Kier alpha value is -3.13. The van der Waals surface area contributed by atoms with E-state index in [4.69, 9.17) is 14.9 Å². The molecule has 0 saturated heterocycles. The molecule has 7 nitrogen and oxygen atoms in total. The molecule has 2 aromatic carbocycles. The van der Waals surface area contributed by atoms with Gasteiger partial charge >= 0.3 is 0 Å². The van der Waals surface area contributed by atoms with Crippen molar-refractivity contribution in [2.24, 2.45) is 0 Å². The van der Waals surface area contributed by atoms with Crippen molar-refractivity contribution in [2.75, 3.05) is 12.8 Å². The summed E-state index contributed by atoms with van der Waals surface area (Å²) in [5.41, 5.74) is 7.91.